The predicted molar refractivity (Wildman–Crippen MR) is 77.7 cm³/mol. The number of carbonyl (C=O) groups is 2. The van der Waals surface area contributed by atoms with Gasteiger partial charge in [0.1, 0.15) is 19.1 Å². The van der Waals surface area contributed by atoms with Crippen molar-refractivity contribution in [1.82, 2.24) is 0 Å². The number of halogens is 1. The van der Waals surface area contributed by atoms with Crippen molar-refractivity contribution in [1.29, 1.82) is 0 Å². The molecule has 0 saturated carbocycles. The number of carboxylic acids is 1. The summed E-state index contributed by atoms with van der Waals surface area (Å²) < 4.78 is 17.0. The molecule has 0 aromatic heterocycles. The molecule has 0 bridgehead atoms. The number of ketones is 1. The van der Waals surface area contributed by atoms with Gasteiger partial charge in [-0.3, -0.25) is 9.59 Å². The van der Waals surface area contributed by atoms with Crippen LogP contribution in [0.2, 0.25) is 0 Å². The molecule has 0 spiro atoms. The maximum atomic E-state index is 12.0. The normalized spacial score (nSPS) is 13.4. The first-order chi connectivity index (χ1) is 10.3. The summed E-state index contributed by atoms with van der Waals surface area (Å²) in [4.78, 5) is 22.4. The van der Waals surface area contributed by atoms with Gasteiger partial charge in [-0.1, -0.05) is 6.07 Å². The lowest BCUT2D eigenvalue weighted by atomic mass is 9.91. The maximum Gasteiger partial charge on any atom is 0.306 e. The van der Waals surface area contributed by atoms with E-state index in [9.17, 15) is 24.2 Å². The van der Waals surface area contributed by atoms with Crippen molar-refractivity contribution in [2.24, 2.45) is 11.7 Å². The van der Waals surface area contributed by atoms with Crippen molar-refractivity contribution in [3.05, 3.63) is 23.8 Å². The Morgan fingerprint density at radius 1 is 1.41 bits per heavy atom. The second kappa shape index (κ2) is 8.33. The Labute approximate surface area is 127 Å². The number of ether oxygens (including phenoxy) is 1. The quantitative estimate of drug-likeness (QED) is 0.633. The minimum absolute atomic E-state index is 0.0194. The molecule has 1 rings (SSSR count). The van der Waals surface area contributed by atoms with Crippen molar-refractivity contribution in [2.75, 3.05) is 13.3 Å². The first-order valence-corrected chi connectivity index (χ1v) is 6.84. The molecule has 0 heterocycles. The number of alkyl halides is 1. The zero-order chi connectivity index (χ0) is 16.7. The fourth-order valence-corrected chi connectivity index (χ4v) is 1.99. The fraction of sp³-hybridized carbons (Fsp3) is 0.467. The SMILES string of the molecule is CC(=O)[C@@H](N)C[C@H](Cc1ccc(OCCF)c(O)c1)C(=O)O. The molecule has 0 saturated heterocycles. The molecule has 0 aliphatic heterocycles. The maximum absolute atomic E-state index is 12.0. The smallest absolute Gasteiger partial charge is 0.306 e. The monoisotopic (exact) mass is 313 g/mol. The van der Waals surface area contributed by atoms with Crippen LogP contribution >= 0.6 is 0 Å². The van der Waals surface area contributed by atoms with Crippen LogP contribution in [0, 0.1) is 5.92 Å². The van der Waals surface area contributed by atoms with E-state index in [1.165, 1.54) is 19.1 Å². The number of hydrogen-bond donors (Lipinski definition) is 3. The predicted octanol–water partition coefficient (Wildman–Crippen LogP) is 1.29. The molecule has 0 unspecified atom stereocenters. The Morgan fingerprint density at radius 3 is 2.59 bits per heavy atom. The van der Waals surface area contributed by atoms with Gasteiger partial charge in [0.15, 0.2) is 11.5 Å². The zero-order valence-electron chi connectivity index (χ0n) is 12.3. The van der Waals surface area contributed by atoms with Crippen LogP contribution in [0.3, 0.4) is 0 Å². The first-order valence-electron chi connectivity index (χ1n) is 6.84. The van der Waals surface area contributed by atoms with Crippen LogP contribution in [0.5, 0.6) is 11.5 Å². The molecule has 0 radical (unpaired) electrons. The molecule has 2 atom stereocenters. The van der Waals surface area contributed by atoms with E-state index in [4.69, 9.17) is 10.5 Å². The van der Waals surface area contributed by atoms with E-state index in [0.29, 0.717) is 5.56 Å². The molecule has 7 heteroatoms. The zero-order valence-corrected chi connectivity index (χ0v) is 12.3. The third-order valence-electron chi connectivity index (χ3n) is 3.25. The van der Waals surface area contributed by atoms with Crippen molar-refractivity contribution in [3.8, 4) is 11.5 Å². The summed E-state index contributed by atoms with van der Waals surface area (Å²) in [7, 11) is 0. The van der Waals surface area contributed by atoms with Gasteiger partial charge in [0.2, 0.25) is 0 Å². The van der Waals surface area contributed by atoms with Crippen LogP contribution in [0.4, 0.5) is 4.39 Å². The Kier molecular flexibility index (Phi) is 6.78. The van der Waals surface area contributed by atoms with Crippen LogP contribution in [0.15, 0.2) is 18.2 Å². The summed E-state index contributed by atoms with van der Waals surface area (Å²) >= 11 is 0. The van der Waals surface area contributed by atoms with Gasteiger partial charge in [0, 0.05) is 0 Å². The van der Waals surface area contributed by atoms with E-state index in [-0.39, 0.29) is 36.7 Å². The van der Waals surface area contributed by atoms with Gasteiger partial charge in [-0.05, 0) is 37.5 Å². The molecule has 6 nitrogen and oxygen atoms in total. The van der Waals surface area contributed by atoms with E-state index in [0.717, 1.165) is 0 Å². The Hall–Kier alpha value is -2.15. The van der Waals surface area contributed by atoms with Crippen molar-refractivity contribution < 1.29 is 28.9 Å². The van der Waals surface area contributed by atoms with Gasteiger partial charge in [-0.15, -0.1) is 0 Å². The number of nitrogens with two attached hydrogens (primary N) is 1. The highest BCUT2D eigenvalue weighted by molar-refractivity contribution is 5.82. The number of benzene rings is 1. The van der Waals surface area contributed by atoms with E-state index in [1.807, 2.05) is 0 Å². The lowest BCUT2D eigenvalue weighted by molar-refractivity contribution is -0.142. The van der Waals surface area contributed by atoms with Crippen LogP contribution in [0.25, 0.3) is 0 Å². The second-order valence-corrected chi connectivity index (χ2v) is 5.03. The molecule has 1 aromatic carbocycles. The molecule has 122 valence electrons. The molecule has 0 amide bonds. The number of aromatic hydroxyl groups is 1. The van der Waals surface area contributed by atoms with E-state index in [2.05, 4.69) is 0 Å². The van der Waals surface area contributed by atoms with Gasteiger partial charge in [-0.25, -0.2) is 4.39 Å². The number of aliphatic carboxylic acids is 1. The van der Waals surface area contributed by atoms with Gasteiger partial charge in [-0.2, -0.15) is 0 Å². The third kappa shape index (κ3) is 5.33. The minimum Gasteiger partial charge on any atom is -0.504 e. The number of carbonyl (C=O) groups excluding carboxylic acids is 1. The second-order valence-electron chi connectivity index (χ2n) is 5.03. The van der Waals surface area contributed by atoms with Crippen LogP contribution in [-0.4, -0.2) is 41.3 Å². The van der Waals surface area contributed by atoms with E-state index >= 15 is 0 Å². The van der Waals surface area contributed by atoms with Gasteiger partial charge in [0.25, 0.3) is 0 Å². The lowest BCUT2D eigenvalue weighted by Crippen LogP contribution is -2.33. The number of carboxylic acid groups (broad SMARTS) is 1. The number of phenolic OH excluding ortho intramolecular Hbond substituents is 1. The largest absolute Gasteiger partial charge is 0.504 e. The number of Topliss-reactive ketones (excluding diaryl/α,β-unsaturated/α-hetero) is 1. The van der Waals surface area contributed by atoms with Gasteiger partial charge in [0.05, 0.1) is 12.0 Å². The minimum atomic E-state index is -1.06. The fourth-order valence-electron chi connectivity index (χ4n) is 1.99. The van der Waals surface area contributed by atoms with Crippen molar-refractivity contribution in [3.63, 3.8) is 0 Å². The molecule has 0 aliphatic rings. The topological polar surface area (TPSA) is 110 Å². The summed E-state index contributed by atoms with van der Waals surface area (Å²) in [5, 5.41) is 19.0. The summed E-state index contributed by atoms with van der Waals surface area (Å²) in [6.45, 7) is 0.468. The Morgan fingerprint density at radius 2 is 2.09 bits per heavy atom. The van der Waals surface area contributed by atoms with Gasteiger partial charge >= 0.3 is 5.97 Å². The number of rotatable bonds is 9. The molecule has 4 N–H and O–H groups in total. The highest BCUT2D eigenvalue weighted by Gasteiger charge is 2.23. The Balaban J connectivity index is 2.79. The van der Waals surface area contributed by atoms with E-state index in [1.54, 1.807) is 6.07 Å². The van der Waals surface area contributed by atoms with Crippen molar-refractivity contribution in [2.45, 2.75) is 25.8 Å². The average molecular weight is 313 g/mol. The van der Waals surface area contributed by atoms with Crippen LogP contribution in [-0.2, 0) is 16.0 Å². The Bertz CT molecular complexity index is 535. The summed E-state index contributed by atoms with van der Waals surface area (Å²) in [6.07, 6.45) is 0.138. The molecular weight excluding hydrogens is 293 g/mol. The van der Waals surface area contributed by atoms with Crippen molar-refractivity contribution >= 4 is 11.8 Å². The highest BCUT2D eigenvalue weighted by Crippen LogP contribution is 2.28. The van der Waals surface area contributed by atoms with Gasteiger partial charge < -0.3 is 20.7 Å². The molecule has 0 fully saturated rings. The number of phenols is 1. The molecule has 1 aromatic rings. The average Bonchev–Trinajstić information content (AvgIpc) is 2.45. The summed E-state index contributed by atoms with van der Waals surface area (Å²) in [6, 6.07) is 3.57. The first kappa shape index (κ1) is 17.9. The molecular formula is C15H20FNO5. The molecule has 22 heavy (non-hydrogen) atoms. The molecule has 0 aliphatic carbocycles. The van der Waals surface area contributed by atoms with Crippen LogP contribution in [0.1, 0.15) is 18.9 Å². The standard InChI is InChI=1S/C15H20FNO5/c1-9(18)12(17)8-11(15(20)21)6-10-2-3-14(13(19)7-10)22-5-4-16/h2-3,7,11-12,19H,4-6,8,17H2,1H3,(H,20,21)/t11-,12-/m0/s1. The van der Waals surface area contributed by atoms with Crippen LogP contribution < -0.4 is 10.5 Å². The summed E-state index contributed by atoms with van der Waals surface area (Å²) in [5.41, 5.74) is 6.16. The lowest BCUT2D eigenvalue weighted by Gasteiger charge is -2.16. The van der Waals surface area contributed by atoms with E-state index < -0.39 is 24.6 Å². The number of hydrogen-bond acceptors (Lipinski definition) is 5. The summed E-state index contributed by atoms with van der Waals surface area (Å²) in [5.74, 6) is -2.23. The highest BCUT2D eigenvalue weighted by atomic mass is 19.1. The third-order valence-corrected chi connectivity index (χ3v) is 3.25.